The fourth-order valence-corrected chi connectivity index (χ4v) is 3.73. The maximum absolute atomic E-state index is 12.2. The van der Waals surface area contributed by atoms with E-state index < -0.39 is 12.0 Å². The summed E-state index contributed by atoms with van der Waals surface area (Å²) in [5, 5.41) is 9.14. The normalized spacial score (nSPS) is 17.2. The molecule has 4 nitrogen and oxygen atoms in total. The van der Waals surface area contributed by atoms with Crippen molar-refractivity contribution in [3.05, 3.63) is 24.3 Å². The SMILES string of the molecule is CCCCC/C=C\C/C=C\CCCCCCCCC(=O)N1CCCC1C(=O)O. The first kappa shape index (κ1) is 24.5. The highest BCUT2D eigenvalue weighted by Crippen LogP contribution is 2.19. The van der Waals surface area contributed by atoms with E-state index in [9.17, 15) is 9.59 Å². The smallest absolute Gasteiger partial charge is 0.326 e. The number of unbranched alkanes of at least 4 members (excludes halogenated alkanes) is 9. The number of carboxylic acids is 1. The van der Waals surface area contributed by atoms with Crippen LogP contribution in [0.4, 0.5) is 0 Å². The summed E-state index contributed by atoms with van der Waals surface area (Å²) in [6.07, 6.45) is 25.2. The molecule has 0 aromatic carbocycles. The molecule has 1 N–H and O–H groups in total. The Morgan fingerprint density at radius 1 is 0.893 bits per heavy atom. The lowest BCUT2D eigenvalue weighted by molar-refractivity contribution is -0.148. The van der Waals surface area contributed by atoms with E-state index in [1.807, 2.05) is 0 Å². The largest absolute Gasteiger partial charge is 0.480 e. The molecule has 0 spiro atoms. The number of likely N-dealkylation sites (tertiary alicyclic amines) is 1. The monoisotopic (exact) mass is 391 g/mol. The molecular weight excluding hydrogens is 350 g/mol. The van der Waals surface area contributed by atoms with Crippen molar-refractivity contribution in [2.75, 3.05) is 6.54 Å². The maximum Gasteiger partial charge on any atom is 0.326 e. The molecule has 1 aliphatic rings. The first-order valence-corrected chi connectivity index (χ1v) is 11.5. The Bertz CT molecular complexity index is 484. The summed E-state index contributed by atoms with van der Waals surface area (Å²) >= 11 is 0. The van der Waals surface area contributed by atoms with Crippen molar-refractivity contribution >= 4 is 11.9 Å². The predicted molar refractivity (Wildman–Crippen MR) is 116 cm³/mol. The molecular formula is C24H41NO3. The molecule has 1 heterocycles. The molecule has 0 aromatic heterocycles. The number of nitrogens with zero attached hydrogens (tertiary/aromatic N) is 1. The summed E-state index contributed by atoms with van der Waals surface area (Å²) in [5.74, 6) is -0.836. The second kappa shape index (κ2) is 16.4. The number of hydrogen-bond donors (Lipinski definition) is 1. The van der Waals surface area contributed by atoms with Gasteiger partial charge >= 0.3 is 5.97 Å². The van der Waals surface area contributed by atoms with Crippen molar-refractivity contribution in [1.29, 1.82) is 0 Å². The number of hydrogen-bond acceptors (Lipinski definition) is 2. The highest BCUT2D eigenvalue weighted by atomic mass is 16.4. The van der Waals surface area contributed by atoms with Crippen LogP contribution in [0, 0.1) is 0 Å². The number of rotatable bonds is 16. The van der Waals surface area contributed by atoms with Gasteiger partial charge in [-0.25, -0.2) is 4.79 Å². The molecule has 160 valence electrons. The van der Waals surface area contributed by atoms with Gasteiger partial charge in [-0.2, -0.15) is 0 Å². The summed E-state index contributed by atoms with van der Waals surface area (Å²) in [5.41, 5.74) is 0. The van der Waals surface area contributed by atoms with E-state index >= 15 is 0 Å². The van der Waals surface area contributed by atoms with Crippen molar-refractivity contribution < 1.29 is 14.7 Å². The van der Waals surface area contributed by atoms with E-state index in [2.05, 4.69) is 31.2 Å². The lowest BCUT2D eigenvalue weighted by Gasteiger charge is -2.21. The van der Waals surface area contributed by atoms with Crippen molar-refractivity contribution in [3.63, 3.8) is 0 Å². The lowest BCUT2D eigenvalue weighted by Crippen LogP contribution is -2.40. The molecule has 0 aromatic rings. The van der Waals surface area contributed by atoms with Gasteiger partial charge < -0.3 is 10.0 Å². The summed E-state index contributed by atoms with van der Waals surface area (Å²) in [7, 11) is 0. The van der Waals surface area contributed by atoms with Gasteiger partial charge in [-0.15, -0.1) is 0 Å². The van der Waals surface area contributed by atoms with Crippen molar-refractivity contribution in [2.45, 2.75) is 109 Å². The van der Waals surface area contributed by atoms with Gasteiger partial charge in [0.1, 0.15) is 6.04 Å². The van der Waals surface area contributed by atoms with E-state index in [0.29, 0.717) is 19.4 Å². The number of carbonyl (C=O) groups excluding carboxylic acids is 1. The number of carboxylic acid groups (broad SMARTS) is 1. The third-order valence-corrected chi connectivity index (χ3v) is 5.45. The minimum Gasteiger partial charge on any atom is -0.480 e. The molecule has 0 aliphatic carbocycles. The van der Waals surface area contributed by atoms with Gasteiger partial charge in [0.2, 0.25) is 5.91 Å². The van der Waals surface area contributed by atoms with Crippen molar-refractivity contribution in [2.24, 2.45) is 0 Å². The Balaban J connectivity index is 1.91. The van der Waals surface area contributed by atoms with E-state index in [0.717, 1.165) is 32.1 Å². The van der Waals surface area contributed by atoms with Crippen LogP contribution in [0.25, 0.3) is 0 Å². The standard InChI is InChI=1S/C24H41NO3/c1-2-3-4-5-6-7-8-9-10-11-12-13-14-15-16-17-20-23(26)25-21-18-19-22(25)24(27)28/h6-7,9-10,22H,2-5,8,11-21H2,1H3,(H,27,28)/b7-6-,10-9-. The van der Waals surface area contributed by atoms with Crippen LogP contribution in [-0.4, -0.2) is 34.5 Å². The Morgan fingerprint density at radius 3 is 2.14 bits per heavy atom. The van der Waals surface area contributed by atoms with Gasteiger partial charge in [0, 0.05) is 13.0 Å². The lowest BCUT2D eigenvalue weighted by atomic mass is 10.1. The van der Waals surface area contributed by atoms with Crippen LogP contribution < -0.4 is 0 Å². The predicted octanol–water partition coefficient (Wildman–Crippen LogP) is 6.27. The Hall–Kier alpha value is -1.58. The van der Waals surface area contributed by atoms with Crippen LogP contribution in [0.5, 0.6) is 0 Å². The van der Waals surface area contributed by atoms with Crippen LogP contribution in [0.1, 0.15) is 103 Å². The molecule has 1 unspecified atom stereocenters. The second-order valence-electron chi connectivity index (χ2n) is 7.92. The first-order chi connectivity index (χ1) is 13.7. The molecule has 1 saturated heterocycles. The highest BCUT2D eigenvalue weighted by Gasteiger charge is 2.33. The molecule has 0 bridgehead atoms. The average Bonchev–Trinajstić information content (AvgIpc) is 3.18. The first-order valence-electron chi connectivity index (χ1n) is 11.5. The molecule has 4 heteroatoms. The third kappa shape index (κ3) is 11.3. The number of amides is 1. The summed E-state index contributed by atoms with van der Waals surface area (Å²) in [6, 6.07) is -0.586. The molecule has 0 saturated carbocycles. The minimum absolute atomic E-state index is 0.0226. The molecule has 28 heavy (non-hydrogen) atoms. The Morgan fingerprint density at radius 2 is 1.50 bits per heavy atom. The maximum atomic E-state index is 12.2. The van der Waals surface area contributed by atoms with E-state index in [1.165, 1.54) is 51.4 Å². The van der Waals surface area contributed by atoms with Gasteiger partial charge in [0.15, 0.2) is 0 Å². The molecule has 1 amide bonds. The summed E-state index contributed by atoms with van der Waals surface area (Å²) in [4.78, 5) is 24.9. The molecule has 1 atom stereocenters. The fraction of sp³-hybridized carbons (Fsp3) is 0.750. The fourth-order valence-electron chi connectivity index (χ4n) is 3.73. The molecule has 1 aliphatic heterocycles. The average molecular weight is 392 g/mol. The van der Waals surface area contributed by atoms with Crippen molar-refractivity contribution in [1.82, 2.24) is 4.90 Å². The second-order valence-corrected chi connectivity index (χ2v) is 7.92. The van der Waals surface area contributed by atoms with E-state index in [4.69, 9.17) is 5.11 Å². The zero-order valence-electron chi connectivity index (χ0n) is 17.9. The van der Waals surface area contributed by atoms with Crippen LogP contribution in [0.3, 0.4) is 0 Å². The molecule has 1 rings (SSSR count). The number of carbonyl (C=O) groups is 2. The molecule has 1 fully saturated rings. The molecule has 0 radical (unpaired) electrons. The zero-order chi connectivity index (χ0) is 20.5. The zero-order valence-corrected chi connectivity index (χ0v) is 17.9. The van der Waals surface area contributed by atoms with Gasteiger partial charge in [-0.1, -0.05) is 69.8 Å². The van der Waals surface area contributed by atoms with Gasteiger partial charge in [-0.3, -0.25) is 4.79 Å². The van der Waals surface area contributed by atoms with Crippen molar-refractivity contribution in [3.8, 4) is 0 Å². The Labute approximate surface area is 172 Å². The summed E-state index contributed by atoms with van der Waals surface area (Å²) in [6.45, 7) is 2.85. The number of aliphatic carboxylic acids is 1. The van der Waals surface area contributed by atoms with Crippen LogP contribution in [-0.2, 0) is 9.59 Å². The van der Waals surface area contributed by atoms with E-state index in [1.54, 1.807) is 4.90 Å². The van der Waals surface area contributed by atoms with Crippen LogP contribution >= 0.6 is 0 Å². The van der Waals surface area contributed by atoms with Gasteiger partial charge in [0.25, 0.3) is 0 Å². The third-order valence-electron chi connectivity index (χ3n) is 5.45. The van der Waals surface area contributed by atoms with Gasteiger partial charge in [-0.05, 0) is 51.4 Å². The minimum atomic E-state index is -0.858. The Kier molecular flexibility index (Phi) is 14.3. The summed E-state index contributed by atoms with van der Waals surface area (Å²) < 4.78 is 0. The topological polar surface area (TPSA) is 57.6 Å². The van der Waals surface area contributed by atoms with Crippen LogP contribution in [0.15, 0.2) is 24.3 Å². The van der Waals surface area contributed by atoms with Gasteiger partial charge in [0.05, 0.1) is 0 Å². The quantitative estimate of drug-likeness (QED) is 0.249. The number of allylic oxidation sites excluding steroid dienone is 4. The van der Waals surface area contributed by atoms with Crippen LogP contribution in [0.2, 0.25) is 0 Å². The highest BCUT2D eigenvalue weighted by molar-refractivity contribution is 5.84. The van der Waals surface area contributed by atoms with E-state index in [-0.39, 0.29) is 5.91 Å².